The van der Waals surface area contributed by atoms with Crippen LogP contribution < -0.4 is 4.74 Å². The minimum absolute atomic E-state index is 0.0348. The highest BCUT2D eigenvalue weighted by Gasteiger charge is 2.38. The van der Waals surface area contributed by atoms with E-state index in [9.17, 15) is 23.5 Å². The van der Waals surface area contributed by atoms with Crippen LogP contribution in [-0.2, 0) is 16.1 Å². The van der Waals surface area contributed by atoms with Crippen molar-refractivity contribution in [3.8, 4) is 17.0 Å². The summed E-state index contributed by atoms with van der Waals surface area (Å²) < 4.78 is 44.2. The quantitative estimate of drug-likeness (QED) is 0.362. The molecule has 0 radical (unpaired) electrons. The Hall–Kier alpha value is -3.66. The third kappa shape index (κ3) is 6.24. The zero-order valence-electron chi connectivity index (χ0n) is 21.0. The van der Waals surface area contributed by atoms with Crippen molar-refractivity contribution in [2.45, 2.75) is 45.3 Å². The lowest BCUT2D eigenvalue weighted by molar-refractivity contribution is -0.144. The lowest BCUT2D eigenvalue weighted by Crippen LogP contribution is -2.47. The number of rotatable bonds is 6. The highest BCUT2D eigenvalue weighted by Crippen LogP contribution is 2.35. The minimum Gasteiger partial charge on any atom is -0.486 e. The molecule has 202 valence electrons. The van der Waals surface area contributed by atoms with Gasteiger partial charge in [0.05, 0.1) is 16.5 Å². The summed E-state index contributed by atoms with van der Waals surface area (Å²) in [5.41, 5.74) is -0.0137. The lowest BCUT2D eigenvalue weighted by atomic mass is 9.80. The normalized spacial score (nSPS) is 17.8. The van der Waals surface area contributed by atoms with Gasteiger partial charge in [-0.05, 0) is 57.0 Å². The predicted octanol–water partition coefficient (Wildman–Crippen LogP) is 6.28. The van der Waals surface area contributed by atoms with Gasteiger partial charge in [-0.2, -0.15) is 0 Å². The van der Waals surface area contributed by atoms with Crippen LogP contribution in [0.25, 0.3) is 11.3 Å². The fourth-order valence-electron chi connectivity index (χ4n) is 4.32. The third-order valence-electron chi connectivity index (χ3n) is 6.13. The highest BCUT2D eigenvalue weighted by molar-refractivity contribution is 6.33. The van der Waals surface area contributed by atoms with E-state index in [0.717, 1.165) is 17.7 Å². The molecule has 0 saturated carbocycles. The Kier molecular flexibility index (Phi) is 7.91. The number of halogens is 3. The van der Waals surface area contributed by atoms with Crippen molar-refractivity contribution in [1.29, 1.82) is 0 Å². The summed E-state index contributed by atoms with van der Waals surface area (Å²) in [6.45, 7) is 5.68. The van der Waals surface area contributed by atoms with Crippen molar-refractivity contribution in [2.75, 3.05) is 13.1 Å². The standard InChI is InChI=1S/C27H27ClF2N2O6/c1-27(2,3)37-26(35)32-11-10-18(19(13-32)25(33)34)15-4-6-16(7-5-15)36-14-17-12-22(31-38-17)23-20(29)8-9-21(30)24(23)28/h4-9,12,18-19H,10-11,13-14H2,1-3H3,(H,33,34)/t18-,19+/m1/s1. The molecule has 0 bridgehead atoms. The van der Waals surface area contributed by atoms with E-state index >= 15 is 0 Å². The zero-order chi connectivity index (χ0) is 27.6. The van der Waals surface area contributed by atoms with Crippen molar-refractivity contribution in [2.24, 2.45) is 5.92 Å². The second-order valence-corrected chi connectivity index (χ2v) is 10.4. The first kappa shape index (κ1) is 27.4. The first-order valence-electron chi connectivity index (χ1n) is 12.0. The summed E-state index contributed by atoms with van der Waals surface area (Å²) in [7, 11) is 0. The van der Waals surface area contributed by atoms with Crippen LogP contribution in [0.3, 0.4) is 0 Å². The molecule has 11 heteroatoms. The Morgan fingerprint density at radius 3 is 2.50 bits per heavy atom. The van der Waals surface area contributed by atoms with Crippen LogP contribution in [0.1, 0.15) is 44.4 Å². The molecule has 1 saturated heterocycles. The maximum Gasteiger partial charge on any atom is 0.410 e. The monoisotopic (exact) mass is 548 g/mol. The molecule has 1 aromatic heterocycles. The number of likely N-dealkylation sites (tertiary alicyclic amines) is 1. The van der Waals surface area contributed by atoms with Crippen LogP contribution in [0.15, 0.2) is 47.0 Å². The largest absolute Gasteiger partial charge is 0.486 e. The van der Waals surface area contributed by atoms with Gasteiger partial charge in [-0.25, -0.2) is 13.6 Å². The Labute approximate surface area is 223 Å². The molecule has 2 atom stereocenters. The van der Waals surface area contributed by atoms with E-state index in [2.05, 4.69) is 5.16 Å². The van der Waals surface area contributed by atoms with E-state index in [1.165, 1.54) is 11.0 Å². The molecule has 0 aliphatic carbocycles. The molecule has 4 rings (SSSR count). The number of carbonyl (C=O) groups excluding carboxylic acids is 1. The van der Waals surface area contributed by atoms with Crippen LogP contribution in [0.4, 0.5) is 13.6 Å². The molecule has 2 aromatic carbocycles. The smallest absolute Gasteiger partial charge is 0.410 e. The van der Waals surface area contributed by atoms with Gasteiger partial charge in [0.15, 0.2) is 5.76 Å². The maximum absolute atomic E-state index is 14.1. The fourth-order valence-corrected chi connectivity index (χ4v) is 4.57. The molecule has 1 aliphatic heterocycles. The number of hydrogen-bond donors (Lipinski definition) is 1. The van der Waals surface area contributed by atoms with E-state index in [1.807, 2.05) is 0 Å². The van der Waals surface area contributed by atoms with Crippen LogP contribution in [0, 0.1) is 17.6 Å². The summed E-state index contributed by atoms with van der Waals surface area (Å²) in [6, 6.07) is 10.3. The average molecular weight is 549 g/mol. The fraction of sp³-hybridized carbons (Fsp3) is 0.370. The Morgan fingerprint density at radius 2 is 1.84 bits per heavy atom. The lowest BCUT2D eigenvalue weighted by Gasteiger charge is -2.37. The number of piperidine rings is 1. The molecule has 0 unspecified atom stereocenters. The molecular formula is C27H27ClF2N2O6. The minimum atomic E-state index is -0.987. The van der Waals surface area contributed by atoms with Crippen molar-refractivity contribution in [1.82, 2.24) is 10.1 Å². The Balaban J connectivity index is 1.39. The number of aromatic nitrogens is 1. The van der Waals surface area contributed by atoms with E-state index in [-0.39, 0.29) is 36.1 Å². The number of carboxylic acid groups (broad SMARTS) is 1. The summed E-state index contributed by atoms with van der Waals surface area (Å²) in [4.78, 5) is 25.9. The summed E-state index contributed by atoms with van der Waals surface area (Å²) in [5, 5.41) is 13.2. The number of carbonyl (C=O) groups is 2. The van der Waals surface area contributed by atoms with Crippen LogP contribution in [0.5, 0.6) is 5.75 Å². The van der Waals surface area contributed by atoms with Gasteiger partial charge < -0.3 is 24.0 Å². The number of aliphatic carboxylic acids is 1. The van der Waals surface area contributed by atoms with E-state index in [0.29, 0.717) is 18.7 Å². The van der Waals surface area contributed by atoms with Gasteiger partial charge in [-0.1, -0.05) is 28.9 Å². The summed E-state index contributed by atoms with van der Waals surface area (Å²) >= 11 is 5.88. The first-order valence-corrected chi connectivity index (χ1v) is 12.3. The number of nitrogens with zero attached hydrogens (tertiary/aromatic N) is 2. The second-order valence-electron chi connectivity index (χ2n) is 10.0. The third-order valence-corrected chi connectivity index (χ3v) is 6.50. The van der Waals surface area contributed by atoms with Crippen molar-refractivity contribution < 1.29 is 37.5 Å². The zero-order valence-corrected chi connectivity index (χ0v) is 21.8. The van der Waals surface area contributed by atoms with E-state index in [1.54, 1.807) is 45.0 Å². The number of ether oxygens (including phenoxy) is 2. The van der Waals surface area contributed by atoms with Crippen molar-refractivity contribution >= 4 is 23.7 Å². The first-order chi connectivity index (χ1) is 17.9. The SMILES string of the molecule is CC(C)(C)OC(=O)N1CC[C@H](c2ccc(OCc3cc(-c4c(F)ccc(F)c4Cl)no3)cc2)[C@@H](C(=O)O)C1. The topological polar surface area (TPSA) is 102 Å². The van der Waals surface area contributed by atoms with E-state index in [4.69, 9.17) is 25.6 Å². The molecule has 3 aromatic rings. The molecule has 1 aliphatic rings. The van der Waals surface area contributed by atoms with Crippen molar-refractivity contribution in [3.05, 3.63) is 70.4 Å². The second kappa shape index (κ2) is 11.0. The molecule has 38 heavy (non-hydrogen) atoms. The summed E-state index contributed by atoms with van der Waals surface area (Å²) in [6.07, 6.45) is -0.0554. The van der Waals surface area contributed by atoms with Crippen LogP contribution in [0.2, 0.25) is 5.02 Å². The Bertz CT molecular complexity index is 1320. The van der Waals surface area contributed by atoms with Gasteiger partial charge in [-0.15, -0.1) is 0 Å². The molecule has 2 heterocycles. The van der Waals surface area contributed by atoms with E-state index < -0.39 is 40.2 Å². The van der Waals surface area contributed by atoms with Gasteiger partial charge >= 0.3 is 12.1 Å². The number of amides is 1. The predicted molar refractivity (Wildman–Crippen MR) is 134 cm³/mol. The van der Waals surface area contributed by atoms with Gasteiger partial charge in [0, 0.05) is 25.1 Å². The molecule has 1 fully saturated rings. The van der Waals surface area contributed by atoms with Crippen LogP contribution >= 0.6 is 11.6 Å². The Morgan fingerprint density at radius 1 is 1.16 bits per heavy atom. The number of hydrogen-bond acceptors (Lipinski definition) is 6. The molecule has 8 nitrogen and oxygen atoms in total. The molecule has 1 N–H and O–H groups in total. The molecule has 1 amide bonds. The number of carboxylic acids is 1. The van der Waals surface area contributed by atoms with Gasteiger partial charge in [-0.3, -0.25) is 4.79 Å². The maximum atomic E-state index is 14.1. The summed E-state index contributed by atoms with van der Waals surface area (Å²) in [5.74, 6) is -2.81. The number of benzene rings is 2. The van der Waals surface area contributed by atoms with Crippen LogP contribution in [-0.4, -0.2) is 45.9 Å². The molecule has 0 spiro atoms. The average Bonchev–Trinajstić information content (AvgIpc) is 3.32. The van der Waals surface area contributed by atoms with Gasteiger partial charge in [0.25, 0.3) is 0 Å². The molecular weight excluding hydrogens is 522 g/mol. The van der Waals surface area contributed by atoms with Gasteiger partial charge in [0.2, 0.25) is 0 Å². The van der Waals surface area contributed by atoms with Crippen molar-refractivity contribution in [3.63, 3.8) is 0 Å². The highest BCUT2D eigenvalue weighted by atomic mass is 35.5. The van der Waals surface area contributed by atoms with Gasteiger partial charge in [0.1, 0.15) is 35.3 Å².